The first-order chi connectivity index (χ1) is 15.6. The predicted molar refractivity (Wildman–Crippen MR) is 124 cm³/mol. The predicted octanol–water partition coefficient (Wildman–Crippen LogP) is 3.32. The molecular weight excluding hydrogens is 410 g/mol. The van der Waals surface area contributed by atoms with E-state index in [0.29, 0.717) is 41.5 Å². The zero-order valence-corrected chi connectivity index (χ0v) is 18.9. The quantitative estimate of drug-likeness (QED) is 0.581. The summed E-state index contributed by atoms with van der Waals surface area (Å²) in [6.07, 6.45) is 3.39. The maximum absolute atomic E-state index is 12.9. The maximum atomic E-state index is 12.9. The average Bonchev–Trinajstić information content (AvgIpc) is 2.84. The molecule has 1 fully saturated rings. The van der Waals surface area contributed by atoms with E-state index in [1.807, 2.05) is 12.1 Å². The number of rotatable bonds is 9. The summed E-state index contributed by atoms with van der Waals surface area (Å²) in [4.78, 5) is 28.1. The molecule has 1 aliphatic rings. The number of hydrogen-bond donors (Lipinski definition) is 2. The zero-order chi connectivity index (χ0) is 22.9. The summed E-state index contributed by atoms with van der Waals surface area (Å²) in [6, 6.07) is 10.4. The second-order valence-electron chi connectivity index (χ2n) is 7.55. The number of piperidine rings is 1. The number of anilines is 2. The van der Waals surface area contributed by atoms with Crippen LogP contribution in [0.1, 0.15) is 40.0 Å². The maximum Gasteiger partial charge on any atom is 0.259 e. The van der Waals surface area contributed by atoms with Crippen LogP contribution in [0.25, 0.3) is 0 Å². The first-order valence-corrected chi connectivity index (χ1v) is 10.8. The van der Waals surface area contributed by atoms with E-state index < -0.39 is 0 Å². The summed E-state index contributed by atoms with van der Waals surface area (Å²) in [5.74, 6) is 0.477. The van der Waals surface area contributed by atoms with Crippen molar-refractivity contribution in [1.82, 2.24) is 5.32 Å². The van der Waals surface area contributed by atoms with Gasteiger partial charge in [0.1, 0.15) is 11.5 Å². The van der Waals surface area contributed by atoms with Crippen LogP contribution in [-0.2, 0) is 4.74 Å². The van der Waals surface area contributed by atoms with Gasteiger partial charge in [0.2, 0.25) is 0 Å². The summed E-state index contributed by atoms with van der Waals surface area (Å²) < 4.78 is 15.6. The van der Waals surface area contributed by atoms with Gasteiger partial charge in [0.25, 0.3) is 11.8 Å². The van der Waals surface area contributed by atoms with Gasteiger partial charge in [-0.25, -0.2) is 0 Å². The lowest BCUT2D eigenvalue weighted by Gasteiger charge is -2.30. The SMILES string of the molecule is COCCNC(=O)c1cc(NC(=O)c2ccc(OC)cc2OC)ccc1N1CCCCC1. The molecule has 2 amide bonds. The topological polar surface area (TPSA) is 89.1 Å². The van der Waals surface area contributed by atoms with Crippen molar-refractivity contribution in [3.63, 3.8) is 0 Å². The summed E-state index contributed by atoms with van der Waals surface area (Å²) in [5.41, 5.74) is 2.31. The fourth-order valence-electron chi connectivity index (χ4n) is 3.75. The molecule has 32 heavy (non-hydrogen) atoms. The molecule has 8 nitrogen and oxygen atoms in total. The highest BCUT2D eigenvalue weighted by atomic mass is 16.5. The van der Waals surface area contributed by atoms with E-state index in [1.54, 1.807) is 38.5 Å². The van der Waals surface area contributed by atoms with Crippen molar-refractivity contribution in [2.45, 2.75) is 19.3 Å². The van der Waals surface area contributed by atoms with E-state index in [-0.39, 0.29) is 11.8 Å². The minimum atomic E-state index is -0.332. The number of nitrogens with one attached hydrogen (secondary N) is 2. The fourth-order valence-corrected chi connectivity index (χ4v) is 3.75. The van der Waals surface area contributed by atoms with Crippen LogP contribution >= 0.6 is 0 Å². The Balaban J connectivity index is 1.85. The highest BCUT2D eigenvalue weighted by Crippen LogP contribution is 2.29. The fraction of sp³-hybridized carbons (Fsp3) is 0.417. The summed E-state index contributed by atoms with van der Waals surface area (Å²) in [6.45, 7) is 2.66. The molecule has 1 heterocycles. The van der Waals surface area contributed by atoms with Crippen LogP contribution in [0, 0.1) is 0 Å². The number of benzene rings is 2. The Morgan fingerprint density at radius 1 is 0.906 bits per heavy atom. The van der Waals surface area contributed by atoms with E-state index in [4.69, 9.17) is 14.2 Å². The number of amides is 2. The Morgan fingerprint density at radius 3 is 2.38 bits per heavy atom. The molecule has 0 radical (unpaired) electrons. The Hall–Kier alpha value is -3.26. The van der Waals surface area contributed by atoms with Crippen molar-refractivity contribution in [3.8, 4) is 11.5 Å². The normalized spacial score (nSPS) is 13.4. The molecule has 172 valence electrons. The third-order valence-corrected chi connectivity index (χ3v) is 5.44. The van der Waals surface area contributed by atoms with Crippen LogP contribution in [0.5, 0.6) is 11.5 Å². The van der Waals surface area contributed by atoms with Gasteiger partial charge in [-0.2, -0.15) is 0 Å². The van der Waals surface area contributed by atoms with Gasteiger partial charge in [0, 0.05) is 44.2 Å². The molecule has 2 N–H and O–H groups in total. The van der Waals surface area contributed by atoms with E-state index in [0.717, 1.165) is 31.6 Å². The lowest BCUT2D eigenvalue weighted by molar-refractivity contribution is 0.0936. The molecule has 0 saturated carbocycles. The van der Waals surface area contributed by atoms with Crippen molar-refractivity contribution in [1.29, 1.82) is 0 Å². The Morgan fingerprint density at radius 2 is 1.69 bits per heavy atom. The minimum absolute atomic E-state index is 0.194. The molecule has 3 rings (SSSR count). The Kier molecular flexibility index (Phi) is 8.33. The van der Waals surface area contributed by atoms with Crippen LogP contribution in [0.4, 0.5) is 11.4 Å². The standard InChI is InChI=1S/C24H31N3O5/c1-30-14-11-25-23(28)20-15-17(7-10-21(20)27-12-5-4-6-13-27)26-24(29)19-9-8-18(31-2)16-22(19)32-3/h7-10,15-16H,4-6,11-14H2,1-3H3,(H,25,28)(H,26,29). The monoisotopic (exact) mass is 441 g/mol. The lowest BCUT2D eigenvalue weighted by Crippen LogP contribution is -2.33. The molecule has 1 saturated heterocycles. The number of hydrogen-bond acceptors (Lipinski definition) is 6. The Labute approximate surface area is 188 Å². The second-order valence-corrected chi connectivity index (χ2v) is 7.55. The van der Waals surface area contributed by atoms with E-state index >= 15 is 0 Å². The smallest absolute Gasteiger partial charge is 0.259 e. The van der Waals surface area contributed by atoms with Crippen LogP contribution in [0.15, 0.2) is 36.4 Å². The molecule has 0 aromatic heterocycles. The van der Waals surface area contributed by atoms with Gasteiger partial charge in [0.15, 0.2) is 0 Å². The van der Waals surface area contributed by atoms with Crippen molar-refractivity contribution < 1.29 is 23.8 Å². The van der Waals surface area contributed by atoms with Gasteiger partial charge in [-0.05, 0) is 49.6 Å². The number of methoxy groups -OCH3 is 3. The molecule has 0 atom stereocenters. The van der Waals surface area contributed by atoms with E-state index in [2.05, 4.69) is 15.5 Å². The van der Waals surface area contributed by atoms with Crippen molar-refractivity contribution in [3.05, 3.63) is 47.5 Å². The van der Waals surface area contributed by atoms with Crippen LogP contribution in [0.3, 0.4) is 0 Å². The molecule has 0 bridgehead atoms. The molecule has 1 aliphatic heterocycles. The number of carbonyl (C=O) groups excluding carboxylic acids is 2. The van der Waals surface area contributed by atoms with Gasteiger partial charge in [-0.1, -0.05) is 0 Å². The first-order valence-electron chi connectivity index (χ1n) is 10.8. The van der Waals surface area contributed by atoms with Gasteiger partial charge < -0.3 is 29.7 Å². The van der Waals surface area contributed by atoms with Gasteiger partial charge >= 0.3 is 0 Å². The number of ether oxygens (including phenoxy) is 3. The second kappa shape index (κ2) is 11.4. The summed E-state index contributed by atoms with van der Waals surface area (Å²) in [7, 11) is 4.65. The molecule has 0 unspecified atom stereocenters. The van der Waals surface area contributed by atoms with Crippen molar-refractivity contribution in [2.24, 2.45) is 0 Å². The molecule has 2 aromatic rings. The molecule has 2 aromatic carbocycles. The number of carbonyl (C=O) groups is 2. The van der Waals surface area contributed by atoms with E-state index in [9.17, 15) is 9.59 Å². The van der Waals surface area contributed by atoms with Gasteiger partial charge in [-0.3, -0.25) is 9.59 Å². The lowest BCUT2D eigenvalue weighted by atomic mass is 10.1. The van der Waals surface area contributed by atoms with Crippen LogP contribution < -0.4 is 25.0 Å². The van der Waals surface area contributed by atoms with Crippen molar-refractivity contribution in [2.75, 3.05) is 57.8 Å². The molecule has 0 spiro atoms. The molecule has 8 heteroatoms. The van der Waals surface area contributed by atoms with Crippen LogP contribution in [0.2, 0.25) is 0 Å². The largest absolute Gasteiger partial charge is 0.497 e. The van der Waals surface area contributed by atoms with Gasteiger partial charge in [-0.15, -0.1) is 0 Å². The Bertz CT molecular complexity index is 941. The van der Waals surface area contributed by atoms with E-state index in [1.165, 1.54) is 13.5 Å². The highest BCUT2D eigenvalue weighted by molar-refractivity contribution is 6.08. The van der Waals surface area contributed by atoms with Gasteiger partial charge in [0.05, 0.1) is 32.0 Å². The zero-order valence-electron chi connectivity index (χ0n) is 18.9. The third kappa shape index (κ3) is 5.70. The summed E-state index contributed by atoms with van der Waals surface area (Å²) in [5, 5.41) is 5.77. The van der Waals surface area contributed by atoms with Crippen molar-refractivity contribution >= 4 is 23.2 Å². The van der Waals surface area contributed by atoms with Crippen LogP contribution in [-0.4, -0.2) is 59.4 Å². The molecule has 0 aliphatic carbocycles. The average molecular weight is 442 g/mol. The number of nitrogens with zero attached hydrogens (tertiary/aromatic N) is 1. The minimum Gasteiger partial charge on any atom is -0.497 e. The highest BCUT2D eigenvalue weighted by Gasteiger charge is 2.20. The first kappa shape index (κ1) is 23.4. The molecular formula is C24H31N3O5. The summed E-state index contributed by atoms with van der Waals surface area (Å²) >= 11 is 0. The third-order valence-electron chi connectivity index (χ3n) is 5.44.